The molecule has 1 unspecified atom stereocenters. The molecule has 2 aromatic heterocycles. The quantitative estimate of drug-likeness (QED) is 0.615. The number of nitrogens with zero attached hydrogens (tertiary/aromatic N) is 4. The second-order valence-corrected chi connectivity index (χ2v) is 9.10. The Labute approximate surface area is 198 Å². The number of hydrogen-bond donors (Lipinski definition) is 1. The van der Waals surface area contributed by atoms with Crippen LogP contribution in [0.15, 0.2) is 61.1 Å². The monoisotopic (exact) mass is 453 g/mol. The fourth-order valence-electron chi connectivity index (χ4n) is 4.81. The third-order valence-corrected chi connectivity index (χ3v) is 6.83. The van der Waals surface area contributed by atoms with Crippen molar-refractivity contribution < 1.29 is 9.53 Å². The summed E-state index contributed by atoms with van der Waals surface area (Å²) < 4.78 is 5.48. The molecule has 172 valence electrons. The van der Waals surface area contributed by atoms with Crippen LogP contribution in [0.2, 0.25) is 0 Å². The number of aromatic nitrogens is 3. The number of fused-ring (bicyclic) bond motifs is 1. The summed E-state index contributed by atoms with van der Waals surface area (Å²) in [6, 6.07) is 12.3. The summed E-state index contributed by atoms with van der Waals surface area (Å²) in [6.07, 6.45) is 10.7. The van der Waals surface area contributed by atoms with Crippen molar-refractivity contribution in [1.29, 1.82) is 0 Å². The molecule has 3 heterocycles. The maximum Gasteiger partial charge on any atom is 0.289 e. The van der Waals surface area contributed by atoms with Gasteiger partial charge in [0, 0.05) is 43.0 Å². The zero-order valence-electron chi connectivity index (χ0n) is 19.0. The molecule has 1 aliphatic heterocycles. The van der Waals surface area contributed by atoms with Gasteiger partial charge in [0.05, 0.1) is 36.8 Å². The van der Waals surface area contributed by atoms with E-state index < -0.39 is 0 Å². The first-order chi connectivity index (χ1) is 16.8. The lowest BCUT2D eigenvalue weighted by Crippen LogP contribution is -2.36. The largest absolute Gasteiger partial charge is 0.378 e. The lowest BCUT2D eigenvalue weighted by atomic mass is 10.0. The van der Waals surface area contributed by atoms with E-state index in [9.17, 15) is 4.79 Å². The summed E-state index contributed by atoms with van der Waals surface area (Å²) in [6.45, 7) is 3.22. The molecule has 6 rings (SSSR count). The number of benzene rings is 1. The summed E-state index contributed by atoms with van der Waals surface area (Å²) in [7, 11) is 0. The highest BCUT2D eigenvalue weighted by Crippen LogP contribution is 2.41. The van der Waals surface area contributed by atoms with Crippen LogP contribution < -0.4 is 10.2 Å². The highest BCUT2D eigenvalue weighted by Gasteiger charge is 2.34. The van der Waals surface area contributed by atoms with Gasteiger partial charge in [0.25, 0.3) is 5.91 Å². The minimum absolute atomic E-state index is 0.00563. The molecular formula is C27H27N5O2. The highest BCUT2D eigenvalue weighted by molar-refractivity contribution is 5.91. The van der Waals surface area contributed by atoms with Crippen LogP contribution in [0.25, 0.3) is 5.57 Å². The number of anilines is 1. The zero-order valence-corrected chi connectivity index (χ0v) is 19.0. The number of rotatable bonds is 6. The van der Waals surface area contributed by atoms with Crippen molar-refractivity contribution in [1.82, 2.24) is 20.3 Å². The van der Waals surface area contributed by atoms with Gasteiger partial charge in [0.2, 0.25) is 5.82 Å². The Morgan fingerprint density at radius 1 is 1.03 bits per heavy atom. The number of allylic oxidation sites excluding steroid dienone is 1. The van der Waals surface area contributed by atoms with Crippen LogP contribution in [0.4, 0.5) is 5.69 Å². The minimum Gasteiger partial charge on any atom is -0.378 e. The third kappa shape index (κ3) is 4.19. The average molecular weight is 454 g/mol. The van der Waals surface area contributed by atoms with E-state index in [1.165, 1.54) is 0 Å². The Morgan fingerprint density at radius 3 is 2.53 bits per heavy atom. The van der Waals surface area contributed by atoms with Gasteiger partial charge >= 0.3 is 0 Å². The van der Waals surface area contributed by atoms with Crippen molar-refractivity contribution in [3.05, 3.63) is 89.3 Å². The zero-order chi connectivity index (χ0) is 22.9. The molecule has 7 nitrogen and oxygen atoms in total. The van der Waals surface area contributed by atoms with Gasteiger partial charge in [-0.05, 0) is 36.0 Å². The van der Waals surface area contributed by atoms with Gasteiger partial charge in [-0.1, -0.05) is 36.4 Å². The van der Waals surface area contributed by atoms with Crippen molar-refractivity contribution in [2.75, 3.05) is 31.2 Å². The first-order valence-electron chi connectivity index (χ1n) is 12.0. The van der Waals surface area contributed by atoms with Gasteiger partial charge < -0.3 is 15.0 Å². The van der Waals surface area contributed by atoms with Crippen molar-refractivity contribution in [2.24, 2.45) is 5.92 Å². The van der Waals surface area contributed by atoms with E-state index in [-0.39, 0.29) is 17.8 Å². The molecule has 1 saturated heterocycles. The number of hydrogen-bond acceptors (Lipinski definition) is 6. The summed E-state index contributed by atoms with van der Waals surface area (Å²) in [4.78, 5) is 28.8. The molecule has 7 heteroatoms. The third-order valence-electron chi connectivity index (χ3n) is 6.83. The molecule has 1 atom stereocenters. The van der Waals surface area contributed by atoms with Gasteiger partial charge in [-0.2, -0.15) is 0 Å². The van der Waals surface area contributed by atoms with Crippen LogP contribution in [-0.4, -0.2) is 47.2 Å². The first kappa shape index (κ1) is 21.0. The van der Waals surface area contributed by atoms with Crippen LogP contribution in [0.1, 0.15) is 51.9 Å². The Kier molecular flexibility index (Phi) is 5.55. The Bertz CT molecular complexity index is 1220. The van der Waals surface area contributed by atoms with Crippen molar-refractivity contribution in [3.63, 3.8) is 0 Å². The fraction of sp³-hybridized carbons (Fsp3) is 0.333. The molecular weight excluding hydrogens is 426 g/mol. The van der Waals surface area contributed by atoms with Crippen LogP contribution in [0.3, 0.4) is 0 Å². The lowest BCUT2D eigenvalue weighted by Gasteiger charge is -2.29. The lowest BCUT2D eigenvalue weighted by molar-refractivity contribution is 0.0921. The number of amides is 1. The van der Waals surface area contributed by atoms with E-state index in [2.05, 4.69) is 44.5 Å². The number of nitrogens with one attached hydrogen (secondary N) is 1. The fourth-order valence-corrected chi connectivity index (χ4v) is 4.81. The summed E-state index contributed by atoms with van der Waals surface area (Å²) in [5.41, 5.74) is 6.39. The second kappa shape index (κ2) is 8.99. The summed E-state index contributed by atoms with van der Waals surface area (Å²) >= 11 is 0. The van der Waals surface area contributed by atoms with Crippen molar-refractivity contribution in [3.8, 4) is 0 Å². The Morgan fingerprint density at radius 2 is 1.79 bits per heavy atom. The summed E-state index contributed by atoms with van der Waals surface area (Å²) in [5, 5.41) is 3.16. The van der Waals surface area contributed by atoms with Gasteiger partial charge in [0.1, 0.15) is 0 Å². The topological polar surface area (TPSA) is 80.2 Å². The van der Waals surface area contributed by atoms with E-state index in [0.29, 0.717) is 5.92 Å². The van der Waals surface area contributed by atoms with E-state index >= 15 is 0 Å². The molecule has 2 fully saturated rings. The smallest absolute Gasteiger partial charge is 0.289 e. The number of carbonyl (C=O) groups excluding carboxylic acids is 1. The second-order valence-electron chi connectivity index (χ2n) is 9.10. The standard InChI is InChI=1S/C27H27N5O2/c33-27(31-25(19-6-7-19)18-4-2-1-3-5-18)26-29-15-20(16-30-26)22-8-9-24-23(22)14-21(17-28-24)32-10-12-34-13-11-32/h1-5,8,14-17,19,25H,6-7,9-13H2,(H,31,33). The van der Waals surface area contributed by atoms with E-state index in [0.717, 1.165) is 79.2 Å². The normalized spacial score (nSPS) is 18.2. The van der Waals surface area contributed by atoms with E-state index in [1.54, 1.807) is 12.4 Å². The van der Waals surface area contributed by atoms with E-state index in [1.807, 2.05) is 24.4 Å². The molecule has 34 heavy (non-hydrogen) atoms. The van der Waals surface area contributed by atoms with Crippen LogP contribution in [0.5, 0.6) is 0 Å². The maximum atomic E-state index is 12.9. The molecule has 0 bridgehead atoms. The van der Waals surface area contributed by atoms with Crippen LogP contribution >= 0.6 is 0 Å². The highest BCUT2D eigenvalue weighted by atomic mass is 16.5. The maximum absolute atomic E-state index is 12.9. The Balaban J connectivity index is 1.19. The SMILES string of the molecule is O=C(NC(c1ccccc1)C1CC1)c1ncc(C2=CCc3ncc(N4CCOCC4)cc32)cn1. The molecule has 0 radical (unpaired) electrons. The molecule has 1 saturated carbocycles. The van der Waals surface area contributed by atoms with Crippen LogP contribution in [-0.2, 0) is 11.2 Å². The molecule has 3 aromatic rings. The van der Waals surface area contributed by atoms with Gasteiger partial charge in [-0.3, -0.25) is 9.78 Å². The molecule has 2 aliphatic carbocycles. The van der Waals surface area contributed by atoms with Crippen molar-refractivity contribution in [2.45, 2.75) is 25.3 Å². The van der Waals surface area contributed by atoms with Crippen LogP contribution in [0, 0.1) is 5.92 Å². The minimum atomic E-state index is -0.232. The molecule has 0 spiro atoms. The predicted octanol–water partition coefficient (Wildman–Crippen LogP) is 3.58. The molecule has 1 aromatic carbocycles. The van der Waals surface area contributed by atoms with E-state index in [4.69, 9.17) is 9.72 Å². The number of carbonyl (C=O) groups is 1. The average Bonchev–Trinajstić information content (AvgIpc) is 3.66. The Hall–Kier alpha value is -3.58. The van der Waals surface area contributed by atoms with Crippen molar-refractivity contribution >= 4 is 17.2 Å². The first-order valence-corrected chi connectivity index (χ1v) is 12.0. The number of pyridine rings is 1. The number of ether oxygens (including phenoxy) is 1. The van der Waals surface area contributed by atoms with Gasteiger partial charge in [-0.15, -0.1) is 0 Å². The van der Waals surface area contributed by atoms with Gasteiger partial charge in [0.15, 0.2) is 0 Å². The summed E-state index contributed by atoms with van der Waals surface area (Å²) in [5.74, 6) is 0.452. The molecule has 1 amide bonds. The molecule has 1 N–H and O–H groups in total. The predicted molar refractivity (Wildman–Crippen MR) is 129 cm³/mol. The van der Waals surface area contributed by atoms with Gasteiger partial charge in [-0.25, -0.2) is 9.97 Å². The molecule has 3 aliphatic rings. The number of morpholine rings is 1.